The molecule has 0 unspecified atom stereocenters. The highest BCUT2D eigenvalue weighted by molar-refractivity contribution is 5.85. The van der Waals surface area contributed by atoms with E-state index in [4.69, 9.17) is 14.6 Å². The Balaban J connectivity index is 1.44. The lowest BCUT2D eigenvalue weighted by atomic mass is 9.89. The molecule has 0 aromatic carbocycles. The quantitative estimate of drug-likeness (QED) is 0.462. The Labute approximate surface area is 173 Å². The van der Waals surface area contributed by atoms with E-state index < -0.39 is 0 Å². The molecule has 0 saturated heterocycles. The fraction of sp³-hybridized carbons (Fsp3) is 0.381. The molecule has 1 fully saturated rings. The number of hydrogen-bond donors (Lipinski definition) is 2. The SMILES string of the molecule is CCOc1nc(N[C@H]2C[C@@H](OCCO)C2)nn2ccc(-c3ccn4nccc4c3)c12. The zero-order chi connectivity index (χ0) is 20.5. The summed E-state index contributed by atoms with van der Waals surface area (Å²) in [5, 5.41) is 21.1. The van der Waals surface area contributed by atoms with Gasteiger partial charge in [0.2, 0.25) is 11.8 Å². The van der Waals surface area contributed by atoms with Crippen molar-refractivity contribution < 1.29 is 14.6 Å². The number of pyridine rings is 1. The largest absolute Gasteiger partial charge is 0.476 e. The van der Waals surface area contributed by atoms with Gasteiger partial charge in [-0.05, 0) is 49.6 Å². The van der Waals surface area contributed by atoms with Gasteiger partial charge in [0, 0.05) is 30.2 Å². The second kappa shape index (κ2) is 7.92. The second-order valence-corrected chi connectivity index (χ2v) is 7.34. The standard InChI is InChI=1S/C21H24N6O3/c1-2-29-20-19-18(14-4-7-26-16(11-14)3-6-22-26)5-8-27(19)25-21(24-20)23-15-12-17(13-15)30-10-9-28/h3-8,11,15,17,28H,2,9-10,12-13H2,1H3,(H,23,25)/t15-,17+. The number of hydrogen-bond acceptors (Lipinski definition) is 7. The molecule has 4 aromatic rings. The highest BCUT2D eigenvalue weighted by atomic mass is 16.5. The van der Waals surface area contributed by atoms with Crippen LogP contribution in [0.2, 0.25) is 0 Å². The number of nitrogens with one attached hydrogen (secondary N) is 1. The smallest absolute Gasteiger partial charge is 0.244 e. The minimum atomic E-state index is 0.0516. The van der Waals surface area contributed by atoms with Crippen LogP contribution in [0.1, 0.15) is 19.8 Å². The van der Waals surface area contributed by atoms with Crippen LogP contribution in [0, 0.1) is 0 Å². The first-order valence-corrected chi connectivity index (χ1v) is 10.2. The molecule has 0 bridgehead atoms. The average Bonchev–Trinajstić information content (AvgIpc) is 3.36. The van der Waals surface area contributed by atoms with Crippen molar-refractivity contribution in [3.63, 3.8) is 0 Å². The topological polar surface area (TPSA) is 98.2 Å². The molecule has 1 aliphatic rings. The number of aliphatic hydroxyl groups is 1. The lowest BCUT2D eigenvalue weighted by molar-refractivity contribution is -0.0196. The van der Waals surface area contributed by atoms with Crippen molar-refractivity contribution in [3.8, 4) is 17.0 Å². The molecule has 4 aromatic heterocycles. The van der Waals surface area contributed by atoms with Crippen LogP contribution in [0.5, 0.6) is 5.88 Å². The van der Waals surface area contributed by atoms with E-state index in [-0.39, 0.29) is 18.8 Å². The summed E-state index contributed by atoms with van der Waals surface area (Å²) in [5.74, 6) is 1.08. The third-order valence-electron chi connectivity index (χ3n) is 5.34. The molecule has 30 heavy (non-hydrogen) atoms. The molecule has 0 amide bonds. The Hall–Kier alpha value is -3.17. The summed E-state index contributed by atoms with van der Waals surface area (Å²) in [4.78, 5) is 4.65. The van der Waals surface area contributed by atoms with Gasteiger partial charge in [0.1, 0.15) is 5.52 Å². The van der Waals surface area contributed by atoms with E-state index in [1.807, 2.05) is 46.5 Å². The number of aliphatic hydroxyl groups excluding tert-OH is 1. The third-order valence-corrected chi connectivity index (χ3v) is 5.34. The average molecular weight is 408 g/mol. The molecule has 0 spiro atoms. The van der Waals surface area contributed by atoms with Crippen LogP contribution >= 0.6 is 0 Å². The van der Waals surface area contributed by atoms with Crippen molar-refractivity contribution in [2.45, 2.75) is 31.9 Å². The predicted molar refractivity (Wildman–Crippen MR) is 112 cm³/mol. The molecule has 4 heterocycles. The minimum Gasteiger partial charge on any atom is -0.476 e. The lowest BCUT2D eigenvalue weighted by Crippen LogP contribution is -2.41. The van der Waals surface area contributed by atoms with E-state index in [9.17, 15) is 0 Å². The minimum absolute atomic E-state index is 0.0516. The molecule has 9 heteroatoms. The first-order valence-electron chi connectivity index (χ1n) is 10.2. The maximum absolute atomic E-state index is 8.86. The van der Waals surface area contributed by atoms with Gasteiger partial charge in [0.05, 0.1) is 31.4 Å². The summed E-state index contributed by atoms with van der Waals surface area (Å²) in [6.45, 7) is 2.89. The van der Waals surface area contributed by atoms with Crippen LogP contribution in [0.3, 0.4) is 0 Å². The number of aromatic nitrogens is 5. The third kappa shape index (κ3) is 3.46. The van der Waals surface area contributed by atoms with E-state index in [2.05, 4.69) is 26.6 Å². The highest BCUT2D eigenvalue weighted by Crippen LogP contribution is 2.33. The molecule has 156 valence electrons. The van der Waals surface area contributed by atoms with Gasteiger partial charge in [0.15, 0.2) is 0 Å². The fourth-order valence-corrected chi connectivity index (χ4v) is 3.83. The first kappa shape index (κ1) is 18.8. The maximum atomic E-state index is 8.86. The van der Waals surface area contributed by atoms with Crippen LogP contribution in [0.15, 0.2) is 42.9 Å². The molecule has 1 saturated carbocycles. The van der Waals surface area contributed by atoms with Gasteiger partial charge in [-0.25, -0.2) is 9.03 Å². The summed E-state index contributed by atoms with van der Waals surface area (Å²) in [5.41, 5.74) is 3.92. The van der Waals surface area contributed by atoms with Crippen LogP contribution < -0.4 is 10.1 Å². The van der Waals surface area contributed by atoms with Gasteiger partial charge in [-0.15, -0.1) is 5.10 Å². The Morgan fingerprint density at radius 1 is 1.20 bits per heavy atom. The molecule has 0 aliphatic heterocycles. The summed E-state index contributed by atoms with van der Waals surface area (Å²) in [7, 11) is 0. The van der Waals surface area contributed by atoms with Crippen LogP contribution in [0.25, 0.3) is 22.2 Å². The Kier molecular flexibility index (Phi) is 4.97. The zero-order valence-electron chi connectivity index (χ0n) is 16.7. The van der Waals surface area contributed by atoms with E-state index in [0.29, 0.717) is 25.0 Å². The molecular weight excluding hydrogens is 384 g/mol. The molecule has 5 rings (SSSR count). The zero-order valence-corrected chi connectivity index (χ0v) is 16.7. The summed E-state index contributed by atoms with van der Waals surface area (Å²) >= 11 is 0. The summed E-state index contributed by atoms with van der Waals surface area (Å²) < 4.78 is 15.1. The molecule has 0 radical (unpaired) electrons. The van der Waals surface area contributed by atoms with Crippen LogP contribution in [-0.2, 0) is 4.74 Å². The first-order chi connectivity index (χ1) is 14.7. The van der Waals surface area contributed by atoms with Gasteiger partial charge in [-0.2, -0.15) is 10.1 Å². The second-order valence-electron chi connectivity index (χ2n) is 7.34. The van der Waals surface area contributed by atoms with Crippen LogP contribution in [-0.4, -0.2) is 61.3 Å². The van der Waals surface area contributed by atoms with Crippen molar-refractivity contribution in [2.24, 2.45) is 0 Å². The molecule has 1 aliphatic carbocycles. The Morgan fingerprint density at radius 2 is 2.07 bits per heavy atom. The normalized spacial score (nSPS) is 18.6. The van der Waals surface area contributed by atoms with Gasteiger partial charge >= 0.3 is 0 Å². The van der Waals surface area contributed by atoms with Gasteiger partial charge < -0.3 is 19.9 Å². The number of rotatable bonds is 8. The number of fused-ring (bicyclic) bond motifs is 2. The van der Waals surface area contributed by atoms with Crippen molar-refractivity contribution >= 4 is 17.0 Å². The highest BCUT2D eigenvalue weighted by Gasteiger charge is 2.30. The molecule has 9 nitrogen and oxygen atoms in total. The number of ether oxygens (including phenoxy) is 2. The number of anilines is 1. The lowest BCUT2D eigenvalue weighted by Gasteiger charge is -2.35. The van der Waals surface area contributed by atoms with E-state index in [0.717, 1.165) is 35.0 Å². The van der Waals surface area contributed by atoms with Gasteiger partial charge in [-0.3, -0.25) is 0 Å². The van der Waals surface area contributed by atoms with Gasteiger partial charge in [-0.1, -0.05) is 0 Å². The summed E-state index contributed by atoms with van der Waals surface area (Å²) in [6.07, 6.45) is 7.57. The van der Waals surface area contributed by atoms with Crippen molar-refractivity contribution in [2.75, 3.05) is 25.1 Å². The number of nitrogens with zero attached hydrogens (tertiary/aromatic N) is 5. The van der Waals surface area contributed by atoms with Crippen molar-refractivity contribution in [3.05, 3.63) is 42.9 Å². The Bertz CT molecular complexity index is 1160. The Morgan fingerprint density at radius 3 is 2.90 bits per heavy atom. The predicted octanol–water partition coefficient (Wildman–Crippen LogP) is 2.39. The molecule has 0 atom stereocenters. The van der Waals surface area contributed by atoms with Crippen molar-refractivity contribution in [1.82, 2.24) is 24.2 Å². The van der Waals surface area contributed by atoms with Gasteiger partial charge in [0.25, 0.3) is 0 Å². The summed E-state index contributed by atoms with van der Waals surface area (Å²) in [6, 6.07) is 8.36. The monoisotopic (exact) mass is 408 g/mol. The fourth-order valence-electron chi connectivity index (χ4n) is 3.83. The molecular formula is C21H24N6O3. The van der Waals surface area contributed by atoms with Crippen molar-refractivity contribution in [1.29, 1.82) is 0 Å². The molecule has 2 N–H and O–H groups in total. The van der Waals surface area contributed by atoms with Crippen LogP contribution in [0.4, 0.5) is 5.95 Å². The maximum Gasteiger partial charge on any atom is 0.244 e. The van der Waals surface area contributed by atoms with E-state index in [1.165, 1.54) is 0 Å². The van der Waals surface area contributed by atoms with E-state index in [1.54, 1.807) is 6.20 Å². The van der Waals surface area contributed by atoms with E-state index >= 15 is 0 Å².